The summed E-state index contributed by atoms with van der Waals surface area (Å²) in [6.07, 6.45) is 0. The summed E-state index contributed by atoms with van der Waals surface area (Å²) >= 11 is 1.84. The van der Waals surface area contributed by atoms with E-state index in [1.54, 1.807) is 0 Å². The van der Waals surface area contributed by atoms with Crippen LogP contribution in [0.15, 0.2) is 200 Å². The van der Waals surface area contributed by atoms with Gasteiger partial charge in [0.05, 0.1) is 27.8 Å². The van der Waals surface area contributed by atoms with Crippen LogP contribution in [0, 0.1) is 0 Å². The van der Waals surface area contributed by atoms with Crippen molar-refractivity contribution in [1.82, 2.24) is 14.1 Å². The molecule has 0 radical (unpaired) electrons. The average Bonchev–Trinajstić information content (AvgIpc) is 3.93. The fourth-order valence-electron chi connectivity index (χ4n) is 8.87. The molecule has 0 aliphatic heterocycles. The Balaban J connectivity index is 1.13. The van der Waals surface area contributed by atoms with E-state index in [4.69, 9.17) is 4.98 Å². The first-order valence-electron chi connectivity index (χ1n) is 19.4. The molecular formula is C53H33N3S. The predicted octanol–water partition coefficient (Wildman–Crippen LogP) is 14.6. The smallest absolute Gasteiger partial charge is 0.138 e. The van der Waals surface area contributed by atoms with Gasteiger partial charge in [-0.25, -0.2) is 4.98 Å². The van der Waals surface area contributed by atoms with Gasteiger partial charge in [0.15, 0.2) is 0 Å². The second-order valence-electron chi connectivity index (χ2n) is 14.8. The van der Waals surface area contributed by atoms with Crippen LogP contribution in [-0.2, 0) is 0 Å². The summed E-state index contributed by atoms with van der Waals surface area (Å²) in [6, 6.07) is 72.6. The molecule has 0 aliphatic rings. The molecule has 0 bridgehead atoms. The van der Waals surface area contributed by atoms with Crippen LogP contribution >= 0.6 is 11.3 Å². The van der Waals surface area contributed by atoms with Gasteiger partial charge in [0.25, 0.3) is 0 Å². The van der Waals surface area contributed by atoms with Crippen molar-refractivity contribution in [1.29, 1.82) is 0 Å². The van der Waals surface area contributed by atoms with Gasteiger partial charge in [-0.3, -0.25) is 4.57 Å². The van der Waals surface area contributed by atoms with Gasteiger partial charge in [-0.2, -0.15) is 0 Å². The number of aromatic nitrogens is 3. The lowest BCUT2D eigenvalue weighted by molar-refractivity contribution is 1.09. The highest BCUT2D eigenvalue weighted by Crippen LogP contribution is 2.42. The maximum Gasteiger partial charge on any atom is 0.138 e. The molecule has 4 aromatic heterocycles. The van der Waals surface area contributed by atoms with Crippen LogP contribution in [0.2, 0.25) is 0 Å². The molecule has 12 rings (SSSR count). The molecule has 0 aliphatic carbocycles. The molecule has 4 heterocycles. The van der Waals surface area contributed by atoms with Crippen molar-refractivity contribution in [3.63, 3.8) is 0 Å². The van der Waals surface area contributed by atoms with Gasteiger partial charge >= 0.3 is 0 Å². The maximum atomic E-state index is 5.54. The summed E-state index contributed by atoms with van der Waals surface area (Å²) in [4.78, 5) is 5.54. The fraction of sp³-hybridized carbons (Fsp3) is 0. The standard InChI is InChI=1S/C53H33N3S/c1-3-14-34(15-4-1)36-18-13-19-39(28-36)55-47-23-10-7-20-40(47)43-33-50-44(32-49(43)55)41-21-8-11-24-48(41)56(50)53-31-38(35-16-5-2-6-17-35)30-46(54-53)37-26-27-52-45(29-37)42-22-9-12-25-51(42)57-52/h1-33H. The summed E-state index contributed by atoms with van der Waals surface area (Å²) in [5.41, 5.74) is 12.5. The number of hydrogen-bond acceptors (Lipinski definition) is 2. The van der Waals surface area contributed by atoms with Crippen LogP contribution in [0.1, 0.15) is 0 Å². The molecule has 266 valence electrons. The molecule has 3 nitrogen and oxygen atoms in total. The normalized spacial score (nSPS) is 11.9. The van der Waals surface area contributed by atoms with Crippen LogP contribution in [0.4, 0.5) is 0 Å². The minimum Gasteiger partial charge on any atom is -0.309 e. The highest BCUT2D eigenvalue weighted by atomic mass is 32.1. The number of rotatable bonds is 5. The van der Waals surface area contributed by atoms with Gasteiger partial charge in [0.2, 0.25) is 0 Å². The Bertz CT molecular complexity index is 3520. The van der Waals surface area contributed by atoms with Crippen LogP contribution in [0.5, 0.6) is 0 Å². The molecule has 12 aromatic rings. The van der Waals surface area contributed by atoms with E-state index in [1.807, 2.05) is 11.3 Å². The predicted molar refractivity (Wildman–Crippen MR) is 242 cm³/mol. The van der Waals surface area contributed by atoms with E-state index >= 15 is 0 Å². The third-order valence-electron chi connectivity index (χ3n) is 11.5. The minimum atomic E-state index is 0.895. The number of hydrogen-bond donors (Lipinski definition) is 0. The first-order valence-corrected chi connectivity index (χ1v) is 20.2. The summed E-state index contributed by atoms with van der Waals surface area (Å²) in [5, 5.41) is 7.38. The maximum absolute atomic E-state index is 5.54. The molecule has 0 spiro atoms. The number of pyridine rings is 1. The van der Waals surface area contributed by atoms with Crippen molar-refractivity contribution >= 4 is 75.1 Å². The van der Waals surface area contributed by atoms with Gasteiger partial charge in [-0.15, -0.1) is 11.3 Å². The third kappa shape index (κ3) is 5.08. The van der Waals surface area contributed by atoms with E-state index < -0.39 is 0 Å². The average molecular weight is 744 g/mol. The van der Waals surface area contributed by atoms with Crippen molar-refractivity contribution in [2.24, 2.45) is 0 Å². The van der Waals surface area contributed by atoms with Crippen LogP contribution in [0.3, 0.4) is 0 Å². The molecule has 0 atom stereocenters. The number of nitrogens with zero attached hydrogens (tertiary/aromatic N) is 3. The van der Waals surface area contributed by atoms with E-state index in [2.05, 4.69) is 209 Å². The van der Waals surface area contributed by atoms with Gasteiger partial charge < -0.3 is 4.57 Å². The topological polar surface area (TPSA) is 22.8 Å². The number of benzene rings is 8. The van der Waals surface area contributed by atoms with E-state index in [-0.39, 0.29) is 0 Å². The molecule has 0 saturated carbocycles. The zero-order valence-corrected chi connectivity index (χ0v) is 31.6. The molecule has 0 unspecified atom stereocenters. The van der Waals surface area contributed by atoms with Crippen LogP contribution < -0.4 is 0 Å². The van der Waals surface area contributed by atoms with Gasteiger partial charge in [-0.05, 0) is 89.0 Å². The number of thiophene rings is 1. The first kappa shape index (κ1) is 32.0. The molecule has 0 saturated heterocycles. The lowest BCUT2D eigenvalue weighted by atomic mass is 10.0. The van der Waals surface area contributed by atoms with Crippen LogP contribution in [0.25, 0.3) is 109 Å². The lowest BCUT2D eigenvalue weighted by Gasteiger charge is -2.13. The molecule has 0 fully saturated rings. The zero-order chi connectivity index (χ0) is 37.5. The molecule has 4 heteroatoms. The zero-order valence-electron chi connectivity index (χ0n) is 30.8. The van der Waals surface area contributed by atoms with Crippen molar-refractivity contribution < 1.29 is 0 Å². The quantitative estimate of drug-likeness (QED) is 0.172. The van der Waals surface area contributed by atoms with Crippen molar-refractivity contribution in [2.75, 3.05) is 0 Å². The molecular weight excluding hydrogens is 711 g/mol. The van der Waals surface area contributed by atoms with Gasteiger partial charge in [-0.1, -0.05) is 133 Å². The first-order chi connectivity index (χ1) is 28.2. The highest BCUT2D eigenvalue weighted by Gasteiger charge is 2.20. The Morgan fingerprint density at radius 3 is 1.63 bits per heavy atom. The van der Waals surface area contributed by atoms with Crippen LogP contribution in [-0.4, -0.2) is 14.1 Å². The van der Waals surface area contributed by atoms with Crippen molar-refractivity contribution in [3.05, 3.63) is 200 Å². The Morgan fingerprint density at radius 2 is 0.895 bits per heavy atom. The fourth-order valence-corrected chi connectivity index (χ4v) is 9.96. The van der Waals surface area contributed by atoms with Crippen molar-refractivity contribution in [3.8, 4) is 45.0 Å². The molecule has 0 N–H and O–H groups in total. The van der Waals surface area contributed by atoms with E-state index in [0.29, 0.717) is 0 Å². The van der Waals surface area contributed by atoms with E-state index in [1.165, 1.54) is 63.9 Å². The Labute approximate surface area is 333 Å². The number of para-hydroxylation sites is 2. The SMILES string of the molecule is c1ccc(-c2cccc(-n3c4ccccc4c4cc5c(cc43)c3ccccc3n5-c3cc(-c4ccccc4)cc(-c4ccc5sc6ccccc6c5c4)n3)c2)cc1. The summed E-state index contributed by atoms with van der Waals surface area (Å²) < 4.78 is 7.40. The Morgan fingerprint density at radius 1 is 0.316 bits per heavy atom. The Kier molecular flexibility index (Phi) is 7.10. The largest absolute Gasteiger partial charge is 0.309 e. The minimum absolute atomic E-state index is 0.895. The summed E-state index contributed by atoms with van der Waals surface area (Å²) in [6.45, 7) is 0. The molecule has 8 aromatic carbocycles. The van der Waals surface area contributed by atoms with Gasteiger partial charge in [0, 0.05) is 53.0 Å². The lowest BCUT2D eigenvalue weighted by Crippen LogP contribution is -2.00. The van der Waals surface area contributed by atoms with Crippen molar-refractivity contribution in [2.45, 2.75) is 0 Å². The Hall–Kier alpha value is -7.27. The van der Waals surface area contributed by atoms with E-state index in [9.17, 15) is 0 Å². The third-order valence-corrected chi connectivity index (χ3v) is 12.6. The highest BCUT2D eigenvalue weighted by molar-refractivity contribution is 7.25. The second kappa shape index (κ2) is 12.6. The van der Waals surface area contributed by atoms with E-state index in [0.717, 1.165) is 44.9 Å². The molecule has 0 amide bonds. The summed E-state index contributed by atoms with van der Waals surface area (Å²) in [7, 11) is 0. The number of fused-ring (bicyclic) bond motifs is 9. The monoisotopic (exact) mass is 743 g/mol. The van der Waals surface area contributed by atoms with Gasteiger partial charge in [0.1, 0.15) is 5.82 Å². The molecule has 57 heavy (non-hydrogen) atoms. The summed E-state index contributed by atoms with van der Waals surface area (Å²) in [5.74, 6) is 0.895. The second-order valence-corrected chi connectivity index (χ2v) is 15.9.